The van der Waals surface area contributed by atoms with Gasteiger partial charge in [-0.2, -0.15) is 5.10 Å². The van der Waals surface area contributed by atoms with E-state index in [0.717, 1.165) is 5.56 Å². The Balaban J connectivity index is 1.67. The fourth-order valence-corrected chi connectivity index (χ4v) is 3.63. The Kier molecular flexibility index (Phi) is 5.97. The lowest BCUT2D eigenvalue weighted by molar-refractivity contribution is 0.0853. The van der Waals surface area contributed by atoms with Crippen LogP contribution in [0.3, 0.4) is 0 Å². The third-order valence-electron chi connectivity index (χ3n) is 4.99. The van der Waals surface area contributed by atoms with E-state index in [-0.39, 0.29) is 18.7 Å². The van der Waals surface area contributed by atoms with E-state index in [4.69, 9.17) is 29.5 Å². The summed E-state index contributed by atoms with van der Waals surface area (Å²) >= 11 is 0. The predicted molar refractivity (Wildman–Crippen MR) is 112 cm³/mol. The van der Waals surface area contributed by atoms with Crippen molar-refractivity contribution in [2.75, 3.05) is 21.0 Å². The molecule has 2 aliphatic heterocycles. The standard InChI is InChI=1S/C21H21FN4O6/c1-28-17-14(7-13-8-16(26-32-13)11-3-5-12(22)6-4-11)15(9-24-25-21(23)27)18-20(19(17)29-2)31-10-30-18/h3-6,9,13H,7-8,10H2,1-2H3,(H3,23,25,27). The van der Waals surface area contributed by atoms with Crippen LogP contribution < -0.4 is 30.1 Å². The maximum Gasteiger partial charge on any atom is 0.332 e. The number of hydrazone groups is 1. The lowest BCUT2D eigenvalue weighted by atomic mass is 9.95. The predicted octanol–water partition coefficient (Wildman–Crippen LogP) is 2.31. The zero-order valence-electron chi connectivity index (χ0n) is 17.4. The summed E-state index contributed by atoms with van der Waals surface area (Å²) in [4.78, 5) is 16.7. The third-order valence-corrected chi connectivity index (χ3v) is 4.99. The zero-order chi connectivity index (χ0) is 22.7. The molecule has 0 bridgehead atoms. The number of halogens is 1. The minimum Gasteiger partial charge on any atom is -0.492 e. The molecule has 0 radical (unpaired) electrons. The largest absolute Gasteiger partial charge is 0.492 e. The maximum atomic E-state index is 13.2. The number of fused-ring (bicyclic) bond motifs is 1. The van der Waals surface area contributed by atoms with Crippen molar-refractivity contribution in [2.24, 2.45) is 16.0 Å². The molecule has 11 heteroatoms. The van der Waals surface area contributed by atoms with Crippen LogP contribution in [0, 0.1) is 5.82 Å². The monoisotopic (exact) mass is 444 g/mol. The number of nitrogens with two attached hydrogens (primary N) is 1. The minimum absolute atomic E-state index is 0.0137. The Labute approximate surface area is 182 Å². The number of hydrogen-bond donors (Lipinski definition) is 2. The molecule has 0 aliphatic carbocycles. The van der Waals surface area contributed by atoms with Crippen LogP contribution in [0.25, 0.3) is 0 Å². The number of primary amides is 1. The topological polar surface area (TPSA) is 126 Å². The van der Waals surface area contributed by atoms with Gasteiger partial charge in [0.25, 0.3) is 0 Å². The average molecular weight is 444 g/mol. The van der Waals surface area contributed by atoms with Crippen LogP contribution in [0.1, 0.15) is 23.1 Å². The van der Waals surface area contributed by atoms with Gasteiger partial charge in [-0.1, -0.05) is 17.3 Å². The average Bonchev–Trinajstić information content (AvgIpc) is 3.44. The molecule has 0 aromatic heterocycles. The van der Waals surface area contributed by atoms with E-state index in [2.05, 4.69) is 15.7 Å². The molecule has 2 aliphatic rings. The highest BCUT2D eigenvalue weighted by Gasteiger charge is 2.33. The second-order valence-corrected chi connectivity index (χ2v) is 6.94. The molecule has 2 aromatic rings. The van der Waals surface area contributed by atoms with E-state index in [1.165, 1.54) is 32.6 Å². The Bertz CT molecular complexity index is 1090. The molecule has 10 nitrogen and oxygen atoms in total. The molecule has 1 atom stereocenters. The first kappa shape index (κ1) is 21.2. The summed E-state index contributed by atoms with van der Waals surface area (Å²) in [5.41, 5.74) is 9.91. The Hall–Kier alpha value is -4.02. The second kappa shape index (κ2) is 9.00. The van der Waals surface area contributed by atoms with Crippen LogP contribution in [0.15, 0.2) is 34.5 Å². The summed E-state index contributed by atoms with van der Waals surface area (Å²) in [5.74, 6) is 1.22. The highest BCUT2D eigenvalue weighted by atomic mass is 19.1. The van der Waals surface area contributed by atoms with E-state index in [0.29, 0.717) is 52.7 Å². The van der Waals surface area contributed by atoms with Crippen LogP contribution in [0.5, 0.6) is 23.0 Å². The van der Waals surface area contributed by atoms with Crippen LogP contribution in [-0.4, -0.2) is 45.1 Å². The molecular formula is C21H21FN4O6. The Morgan fingerprint density at radius 3 is 2.66 bits per heavy atom. The number of methoxy groups -OCH3 is 2. The summed E-state index contributed by atoms with van der Waals surface area (Å²) < 4.78 is 35.6. The van der Waals surface area contributed by atoms with Crippen molar-refractivity contribution in [3.63, 3.8) is 0 Å². The van der Waals surface area contributed by atoms with Gasteiger partial charge in [-0.3, -0.25) is 0 Å². The van der Waals surface area contributed by atoms with Crippen molar-refractivity contribution < 1.29 is 33.0 Å². The summed E-state index contributed by atoms with van der Waals surface area (Å²) in [6, 6.07) is 5.23. The Morgan fingerprint density at radius 1 is 1.25 bits per heavy atom. The van der Waals surface area contributed by atoms with Crippen molar-refractivity contribution in [3.05, 3.63) is 46.8 Å². The number of amides is 2. The third kappa shape index (κ3) is 4.09. The molecule has 0 saturated heterocycles. The fraction of sp³-hybridized carbons (Fsp3) is 0.286. The zero-order valence-corrected chi connectivity index (χ0v) is 17.4. The van der Waals surface area contributed by atoms with Crippen LogP contribution >= 0.6 is 0 Å². The molecule has 2 heterocycles. The van der Waals surface area contributed by atoms with E-state index < -0.39 is 6.03 Å². The number of carbonyl (C=O) groups is 1. The molecule has 4 rings (SSSR count). The van der Waals surface area contributed by atoms with Crippen molar-refractivity contribution in [1.29, 1.82) is 0 Å². The van der Waals surface area contributed by atoms with Gasteiger partial charge >= 0.3 is 6.03 Å². The van der Waals surface area contributed by atoms with Gasteiger partial charge in [0, 0.05) is 24.0 Å². The maximum absolute atomic E-state index is 13.2. The highest BCUT2D eigenvalue weighted by molar-refractivity contribution is 6.01. The first-order chi connectivity index (χ1) is 15.5. The fourth-order valence-electron chi connectivity index (χ4n) is 3.63. The summed E-state index contributed by atoms with van der Waals surface area (Å²) in [7, 11) is 3.00. The van der Waals surface area contributed by atoms with Gasteiger partial charge < -0.3 is 29.5 Å². The van der Waals surface area contributed by atoms with Crippen molar-refractivity contribution in [1.82, 2.24) is 5.43 Å². The van der Waals surface area contributed by atoms with Gasteiger partial charge in [0.1, 0.15) is 11.9 Å². The summed E-state index contributed by atoms with van der Waals surface area (Å²) in [6.07, 6.45) is 1.89. The minimum atomic E-state index is -0.812. The summed E-state index contributed by atoms with van der Waals surface area (Å²) in [6.45, 7) is -0.0137. The second-order valence-electron chi connectivity index (χ2n) is 6.94. The number of carbonyl (C=O) groups excluding carboxylic acids is 1. The molecule has 1 unspecified atom stereocenters. The van der Waals surface area contributed by atoms with Crippen molar-refractivity contribution in [2.45, 2.75) is 18.9 Å². The number of benzene rings is 2. The van der Waals surface area contributed by atoms with E-state index in [1.807, 2.05) is 0 Å². The van der Waals surface area contributed by atoms with Gasteiger partial charge in [-0.15, -0.1) is 0 Å². The van der Waals surface area contributed by atoms with Gasteiger partial charge in [-0.25, -0.2) is 14.6 Å². The molecule has 168 valence electrons. The number of hydrogen-bond acceptors (Lipinski definition) is 8. The van der Waals surface area contributed by atoms with Crippen LogP contribution in [0.4, 0.5) is 9.18 Å². The molecule has 0 saturated carbocycles. The smallest absolute Gasteiger partial charge is 0.332 e. The van der Waals surface area contributed by atoms with Crippen molar-refractivity contribution in [3.8, 4) is 23.0 Å². The number of urea groups is 1. The van der Waals surface area contributed by atoms with Gasteiger partial charge in [0.15, 0.2) is 11.5 Å². The first-order valence-corrected chi connectivity index (χ1v) is 9.65. The van der Waals surface area contributed by atoms with Crippen LogP contribution in [0.2, 0.25) is 0 Å². The number of rotatable bonds is 7. The number of oxime groups is 1. The Morgan fingerprint density at radius 2 is 1.97 bits per heavy atom. The van der Waals surface area contributed by atoms with E-state index >= 15 is 0 Å². The van der Waals surface area contributed by atoms with E-state index in [9.17, 15) is 9.18 Å². The SMILES string of the molecule is COc1c(CC2CC(c3ccc(F)cc3)=NO2)c(C=NNC(N)=O)c2c(c1OC)OCO2. The summed E-state index contributed by atoms with van der Waals surface area (Å²) in [5, 5.41) is 8.03. The molecule has 3 N–H and O–H groups in total. The molecule has 32 heavy (non-hydrogen) atoms. The molecule has 0 fully saturated rings. The van der Waals surface area contributed by atoms with Crippen molar-refractivity contribution >= 4 is 18.0 Å². The van der Waals surface area contributed by atoms with Gasteiger partial charge in [-0.05, 0) is 17.7 Å². The van der Waals surface area contributed by atoms with Gasteiger partial charge in [0.2, 0.25) is 18.3 Å². The lowest BCUT2D eigenvalue weighted by Crippen LogP contribution is -2.24. The highest BCUT2D eigenvalue weighted by Crippen LogP contribution is 2.52. The van der Waals surface area contributed by atoms with E-state index in [1.54, 1.807) is 12.1 Å². The first-order valence-electron chi connectivity index (χ1n) is 9.65. The van der Waals surface area contributed by atoms with Crippen LogP contribution in [-0.2, 0) is 11.3 Å². The molecule has 0 spiro atoms. The molecular weight excluding hydrogens is 423 g/mol. The number of ether oxygens (including phenoxy) is 4. The molecule has 2 aromatic carbocycles. The lowest BCUT2D eigenvalue weighted by Gasteiger charge is -2.19. The normalized spacial score (nSPS) is 16.6. The van der Waals surface area contributed by atoms with Gasteiger partial charge in [0.05, 0.1) is 26.1 Å². The number of nitrogens with one attached hydrogen (secondary N) is 1. The quantitative estimate of drug-likeness (QED) is 0.499. The number of nitrogens with zero attached hydrogens (tertiary/aromatic N) is 2. The molecule has 2 amide bonds.